The van der Waals surface area contributed by atoms with Gasteiger partial charge in [-0.25, -0.2) is 9.97 Å². The van der Waals surface area contributed by atoms with Crippen LogP contribution in [0.1, 0.15) is 16.8 Å². The van der Waals surface area contributed by atoms with E-state index in [9.17, 15) is 4.79 Å². The first-order chi connectivity index (χ1) is 15.1. The van der Waals surface area contributed by atoms with Crippen LogP contribution in [0.3, 0.4) is 0 Å². The van der Waals surface area contributed by atoms with E-state index in [4.69, 9.17) is 5.73 Å². The number of benzene rings is 1. The summed E-state index contributed by atoms with van der Waals surface area (Å²) < 4.78 is 0. The molecule has 0 saturated carbocycles. The van der Waals surface area contributed by atoms with E-state index in [1.54, 1.807) is 24.3 Å². The number of nitrogen functional groups attached to an aromatic ring is 1. The zero-order valence-corrected chi connectivity index (χ0v) is 17.0. The summed E-state index contributed by atoms with van der Waals surface area (Å²) in [7, 11) is 0. The molecule has 0 bridgehead atoms. The molecule has 0 aliphatic carbocycles. The van der Waals surface area contributed by atoms with Crippen LogP contribution in [-0.2, 0) is 0 Å². The second kappa shape index (κ2) is 9.12. The number of hydrogen-bond donors (Lipinski definition) is 4. The normalized spacial score (nSPS) is 12.6. The van der Waals surface area contributed by atoms with Crippen molar-refractivity contribution in [1.82, 2.24) is 20.3 Å². The Morgan fingerprint density at radius 1 is 1.13 bits per heavy atom. The lowest BCUT2D eigenvalue weighted by atomic mass is 10.1. The van der Waals surface area contributed by atoms with Gasteiger partial charge in [-0.2, -0.15) is 4.98 Å². The van der Waals surface area contributed by atoms with Crippen molar-refractivity contribution >= 4 is 40.7 Å². The van der Waals surface area contributed by atoms with E-state index in [2.05, 4.69) is 54.5 Å². The number of hydrogen-bond acceptors (Lipinski definition) is 8. The molecule has 9 nitrogen and oxygen atoms in total. The zero-order chi connectivity index (χ0) is 21.6. The van der Waals surface area contributed by atoms with Crippen molar-refractivity contribution in [3.8, 4) is 0 Å². The average Bonchev–Trinajstić information content (AvgIpc) is 2.72. The van der Waals surface area contributed by atoms with Crippen LogP contribution >= 0.6 is 0 Å². The molecule has 5 N–H and O–H groups in total. The van der Waals surface area contributed by atoms with Gasteiger partial charge >= 0.3 is 0 Å². The molecule has 3 aromatic rings. The average molecular weight is 416 g/mol. The van der Waals surface area contributed by atoms with Crippen LogP contribution in [0.4, 0.5) is 34.8 Å². The van der Waals surface area contributed by atoms with Crippen molar-refractivity contribution in [2.75, 3.05) is 40.9 Å². The maximum absolute atomic E-state index is 12.5. The van der Waals surface area contributed by atoms with Gasteiger partial charge in [-0.15, -0.1) is 6.58 Å². The monoisotopic (exact) mass is 416 g/mol. The molecule has 0 spiro atoms. The molecule has 1 saturated heterocycles. The Morgan fingerprint density at radius 3 is 2.61 bits per heavy atom. The largest absolute Gasteiger partial charge is 0.384 e. The van der Waals surface area contributed by atoms with Crippen LogP contribution in [0.2, 0.25) is 0 Å². The molecule has 1 fully saturated rings. The molecular formula is C22H24N8O. The number of nitrogens with one attached hydrogen (secondary N) is 3. The second-order valence-corrected chi connectivity index (χ2v) is 7.04. The molecular weight excluding hydrogens is 392 g/mol. The number of pyridine rings is 1. The summed E-state index contributed by atoms with van der Waals surface area (Å²) in [6.07, 6.45) is 4.31. The lowest BCUT2D eigenvalue weighted by Crippen LogP contribution is -2.36. The van der Waals surface area contributed by atoms with Gasteiger partial charge in [-0.05, 0) is 42.8 Å². The van der Waals surface area contributed by atoms with Gasteiger partial charge in [0.05, 0.1) is 0 Å². The minimum Gasteiger partial charge on any atom is -0.384 e. The minimum absolute atomic E-state index is 0.282. The topological polar surface area (TPSA) is 121 Å². The Morgan fingerprint density at radius 2 is 1.94 bits per heavy atom. The first-order valence-electron chi connectivity index (χ1n) is 10.00. The fourth-order valence-electron chi connectivity index (χ4n) is 3.07. The minimum atomic E-state index is -0.322. The first-order valence-corrected chi connectivity index (χ1v) is 10.00. The number of carbonyl (C=O) groups excluding carboxylic acids is 1. The molecule has 1 aliphatic heterocycles. The van der Waals surface area contributed by atoms with Crippen LogP contribution in [0.25, 0.3) is 0 Å². The highest BCUT2D eigenvalue weighted by Gasteiger charge is 2.16. The van der Waals surface area contributed by atoms with Crippen molar-refractivity contribution in [3.63, 3.8) is 0 Å². The van der Waals surface area contributed by atoms with Gasteiger partial charge in [0, 0.05) is 37.2 Å². The van der Waals surface area contributed by atoms with E-state index < -0.39 is 0 Å². The first kappa shape index (κ1) is 20.1. The van der Waals surface area contributed by atoms with Crippen LogP contribution in [0.15, 0.2) is 61.3 Å². The third-order valence-corrected chi connectivity index (χ3v) is 4.80. The molecule has 0 radical (unpaired) electrons. The molecule has 9 heteroatoms. The molecule has 0 atom stereocenters. The fraction of sp³-hybridized carbons (Fsp3) is 0.182. The number of anilines is 6. The van der Waals surface area contributed by atoms with Crippen LogP contribution in [0, 0.1) is 0 Å². The smallest absolute Gasteiger partial charge is 0.256 e. The van der Waals surface area contributed by atoms with E-state index >= 15 is 0 Å². The summed E-state index contributed by atoms with van der Waals surface area (Å²) in [6.45, 7) is 6.14. The molecule has 1 amide bonds. The maximum atomic E-state index is 12.5. The maximum Gasteiger partial charge on any atom is 0.256 e. The van der Waals surface area contributed by atoms with Crippen LogP contribution in [0.5, 0.6) is 0 Å². The summed E-state index contributed by atoms with van der Waals surface area (Å²) in [5.74, 6) is 1.17. The molecule has 1 aromatic carbocycles. The zero-order valence-electron chi connectivity index (χ0n) is 17.0. The van der Waals surface area contributed by atoms with Gasteiger partial charge in [-0.1, -0.05) is 12.1 Å². The lowest BCUT2D eigenvalue weighted by Gasteiger charge is -2.33. The Labute approximate surface area is 180 Å². The summed E-state index contributed by atoms with van der Waals surface area (Å²) in [5, 5.41) is 8.98. The number of rotatable bonds is 8. The van der Waals surface area contributed by atoms with Crippen molar-refractivity contribution in [1.29, 1.82) is 0 Å². The highest BCUT2D eigenvalue weighted by atomic mass is 16.1. The molecule has 158 valence electrons. The van der Waals surface area contributed by atoms with E-state index in [0.717, 1.165) is 18.8 Å². The van der Waals surface area contributed by atoms with Gasteiger partial charge < -0.3 is 26.6 Å². The van der Waals surface area contributed by atoms with Gasteiger partial charge in [0.1, 0.15) is 23.0 Å². The molecule has 0 unspecified atom stereocenters. The lowest BCUT2D eigenvalue weighted by molar-refractivity contribution is 0.0958. The Bertz CT molecular complexity index is 1080. The predicted octanol–water partition coefficient (Wildman–Crippen LogP) is 3.07. The van der Waals surface area contributed by atoms with E-state index in [1.165, 1.54) is 18.3 Å². The third-order valence-electron chi connectivity index (χ3n) is 4.80. The van der Waals surface area contributed by atoms with E-state index in [-0.39, 0.29) is 11.5 Å². The Kier molecular flexibility index (Phi) is 5.93. The van der Waals surface area contributed by atoms with Crippen molar-refractivity contribution in [2.45, 2.75) is 6.42 Å². The van der Waals surface area contributed by atoms with Crippen LogP contribution < -0.4 is 26.6 Å². The summed E-state index contributed by atoms with van der Waals surface area (Å²) in [5.41, 5.74) is 8.09. The summed E-state index contributed by atoms with van der Waals surface area (Å²) >= 11 is 0. The summed E-state index contributed by atoms with van der Waals surface area (Å²) in [4.78, 5) is 27.9. The quantitative estimate of drug-likeness (QED) is 0.414. The number of amides is 1. The van der Waals surface area contributed by atoms with Crippen molar-refractivity contribution < 1.29 is 4.79 Å². The van der Waals surface area contributed by atoms with Gasteiger partial charge in [0.25, 0.3) is 5.91 Å². The molecule has 31 heavy (non-hydrogen) atoms. The van der Waals surface area contributed by atoms with Crippen molar-refractivity contribution in [2.24, 2.45) is 0 Å². The molecule has 2 aromatic heterocycles. The Balaban J connectivity index is 1.57. The highest BCUT2D eigenvalue weighted by molar-refractivity contribution is 5.99. The van der Waals surface area contributed by atoms with E-state index in [0.29, 0.717) is 29.9 Å². The Hall–Kier alpha value is -4.14. The van der Waals surface area contributed by atoms with E-state index in [1.807, 2.05) is 12.1 Å². The highest BCUT2D eigenvalue weighted by Crippen LogP contribution is 2.25. The van der Waals surface area contributed by atoms with Crippen LogP contribution in [-0.4, -0.2) is 40.5 Å². The second-order valence-electron chi connectivity index (χ2n) is 7.04. The predicted molar refractivity (Wildman–Crippen MR) is 123 cm³/mol. The molecule has 3 heterocycles. The molecule has 4 rings (SSSR count). The summed E-state index contributed by atoms with van der Waals surface area (Å²) in [6, 6.07) is 13.3. The molecule has 1 aliphatic rings. The van der Waals surface area contributed by atoms with Gasteiger partial charge in [0.15, 0.2) is 0 Å². The SMILES string of the molecule is C=CCNC(=O)c1cnc(Nc2ccc(N3CCC3)cc2)nc1Nc1cccc(N)n1. The standard InChI is InChI=1S/C22H24N8O/c1-2-11-24-21(31)17-14-25-22(29-20(17)28-19-6-3-5-18(23)27-19)26-15-7-9-16(10-8-15)30-12-4-13-30/h2-3,5-10,14H,1,4,11-13H2,(H,24,31)(H4,23,25,26,27,28,29). The number of nitrogens with zero attached hydrogens (tertiary/aromatic N) is 4. The number of carbonyl (C=O) groups is 1. The number of nitrogens with two attached hydrogens (primary N) is 1. The third kappa shape index (κ3) is 4.89. The number of aromatic nitrogens is 3. The van der Waals surface area contributed by atoms with Crippen molar-refractivity contribution in [3.05, 3.63) is 66.9 Å². The van der Waals surface area contributed by atoms with Gasteiger partial charge in [0.2, 0.25) is 5.95 Å². The fourth-order valence-corrected chi connectivity index (χ4v) is 3.07. The van der Waals surface area contributed by atoms with Gasteiger partial charge in [-0.3, -0.25) is 4.79 Å².